The van der Waals surface area contributed by atoms with Gasteiger partial charge in [-0.05, 0) is 32.9 Å². The lowest BCUT2D eigenvalue weighted by atomic mass is 10.2. The van der Waals surface area contributed by atoms with Crippen molar-refractivity contribution in [2.75, 3.05) is 0 Å². The van der Waals surface area contributed by atoms with Gasteiger partial charge >= 0.3 is 0 Å². The number of nitrogens with zero attached hydrogens (tertiary/aromatic N) is 1. The zero-order valence-electron chi connectivity index (χ0n) is 12.3. The molecule has 0 bridgehead atoms. The highest BCUT2D eigenvalue weighted by atomic mass is 35.5. The molecule has 1 amide bonds. The van der Waals surface area contributed by atoms with Crippen LogP contribution in [0.2, 0.25) is 5.02 Å². The Labute approximate surface area is 134 Å². The Hall–Kier alpha value is -1.86. The number of amides is 1. The molecule has 2 rings (SSSR count). The second kappa shape index (κ2) is 6.10. The number of aromatic nitrogens is 2. The van der Waals surface area contributed by atoms with Crippen molar-refractivity contribution in [3.05, 3.63) is 40.7 Å². The van der Waals surface area contributed by atoms with E-state index >= 15 is 0 Å². The molecule has 1 heterocycles. The molecule has 0 unspecified atom stereocenters. The zero-order valence-corrected chi connectivity index (χ0v) is 13.9. The molecule has 1 aromatic carbocycles. The number of hydrogen-bond donors (Lipinski definition) is 2. The van der Waals surface area contributed by atoms with Gasteiger partial charge in [-0.1, -0.05) is 23.7 Å². The first-order chi connectivity index (χ1) is 10.2. The van der Waals surface area contributed by atoms with E-state index in [-0.39, 0.29) is 5.69 Å². The minimum Gasteiger partial charge on any atom is -0.341 e. The largest absolute Gasteiger partial charge is 0.341 e. The maximum Gasteiger partial charge on any atom is 0.285 e. The number of aryl methyl sites for hydroxylation is 1. The van der Waals surface area contributed by atoms with Crippen molar-refractivity contribution in [1.29, 1.82) is 0 Å². The lowest BCUT2D eigenvalue weighted by Crippen LogP contribution is -2.36. The molecule has 1 aromatic heterocycles. The Balaban J connectivity index is 2.33. The zero-order chi connectivity index (χ0) is 16.5. The van der Waals surface area contributed by atoms with Gasteiger partial charge in [-0.15, -0.1) is 0 Å². The van der Waals surface area contributed by atoms with Crippen LogP contribution < -0.4 is 4.72 Å². The van der Waals surface area contributed by atoms with E-state index < -0.39 is 21.2 Å². The molecule has 118 valence electrons. The molecule has 0 aliphatic heterocycles. The van der Waals surface area contributed by atoms with E-state index in [1.165, 1.54) is 13.8 Å². The third-order valence-electron chi connectivity index (χ3n) is 3.05. The van der Waals surface area contributed by atoms with Gasteiger partial charge in [-0.25, -0.2) is 18.1 Å². The van der Waals surface area contributed by atoms with Crippen LogP contribution in [-0.4, -0.2) is 29.5 Å². The van der Waals surface area contributed by atoms with Crippen LogP contribution in [0.25, 0.3) is 11.4 Å². The SMILES string of the molecule is Cc1[nH]c(-c2cccc(Cl)c2)nc1C(=O)NS(=O)(=O)C(C)C. The van der Waals surface area contributed by atoms with E-state index in [4.69, 9.17) is 11.6 Å². The Morgan fingerprint density at radius 2 is 2.05 bits per heavy atom. The molecule has 0 radical (unpaired) electrons. The monoisotopic (exact) mass is 341 g/mol. The van der Waals surface area contributed by atoms with Gasteiger partial charge in [-0.2, -0.15) is 0 Å². The van der Waals surface area contributed by atoms with E-state index in [9.17, 15) is 13.2 Å². The first-order valence-corrected chi connectivity index (χ1v) is 8.51. The van der Waals surface area contributed by atoms with Gasteiger partial charge in [0.2, 0.25) is 10.0 Å². The highest BCUT2D eigenvalue weighted by Gasteiger charge is 2.23. The Bertz CT molecular complexity index is 812. The summed E-state index contributed by atoms with van der Waals surface area (Å²) in [5, 5.41) is -0.164. The highest BCUT2D eigenvalue weighted by molar-refractivity contribution is 7.90. The van der Waals surface area contributed by atoms with Gasteiger partial charge < -0.3 is 4.98 Å². The molecule has 2 aromatic rings. The lowest BCUT2D eigenvalue weighted by molar-refractivity contribution is 0.0976. The molecule has 6 nitrogen and oxygen atoms in total. The first-order valence-electron chi connectivity index (χ1n) is 6.59. The Morgan fingerprint density at radius 1 is 1.36 bits per heavy atom. The van der Waals surface area contributed by atoms with Crippen molar-refractivity contribution in [3.63, 3.8) is 0 Å². The van der Waals surface area contributed by atoms with Crippen LogP contribution >= 0.6 is 11.6 Å². The molecular formula is C14H16ClN3O3S. The summed E-state index contributed by atoms with van der Waals surface area (Å²) in [5.41, 5.74) is 1.23. The van der Waals surface area contributed by atoms with Gasteiger partial charge in [0.1, 0.15) is 5.82 Å². The number of aromatic amines is 1. The van der Waals surface area contributed by atoms with Crippen molar-refractivity contribution in [2.45, 2.75) is 26.0 Å². The summed E-state index contributed by atoms with van der Waals surface area (Å²) in [6.45, 7) is 4.63. The number of hydrogen-bond acceptors (Lipinski definition) is 4. The number of imidazole rings is 1. The molecule has 0 fully saturated rings. The molecule has 0 aliphatic carbocycles. The van der Waals surface area contributed by atoms with E-state index in [1.54, 1.807) is 31.2 Å². The third kappa shape index (κ3) is 3.48. The topological polar surface area (TPSA) is 91.9 Å². The van der Waals surface area contributed by atoms with E-state index in [0.29, 0.717) is 22.1 Å². The lowest BCUT2D eigenvalue weighted by Gasteiger charge is -2.08. The second-order valence-electron chi connectivity index (χ2n) is 5.09. The van der Waals surface area contributed by atoms with Crippen LogP contribution in [0.15, 0.2) is 24.3 Å². The van der Waals surface area contributed by atoms with E-state index in [0.717, 1.165) is 0 Å². The fraction of sp³-hybridized carbons (Fsp3) is 0.286. The molecule has 8 heteroatoms. The molecular weight excluding hydrogens is 326 g/mol. The van der Waals surface area contributed by atoms with Gasteiger partial charge in [0, 0.05) is 16.3 Å². The number of sulfonamides is 1. The number of H-pyrrole nitrogens is 1. The molecule has 22 heavy (non-hydrogen) atoms. The quantitative estimate of drug-likeness (QED) is 0.893. The number of halogens is 1. The fourth-order valence-corrected chi connectivity index (χ4v) is 2.53. The predicted molar refractivity (Wildman–Crippen MR) is 85.3 cm³/mol. The maximum absolute atomic E-state index is 12.1. The summed E-state index contributed by atoms with van der Waals surface area (Å²) in [7, 11) is -3.70. The number of benzene rings is 1. The van der Waals surface area contributed by atoms with Crippen molar-refractivity contribution in [1.82, 2.24) is 14.7 Å². The first kappa shape index (κ1) is 16.5. The van der Waals surface area contributed by atoms with E-state index in [2.05, 4.69) is 9.97 Å². The third-order valence-corrected chi connectivity index (χ3v) is 5.00. The molecule has 0 aliphatic rings. The van der Waals surface area contributed by atoms with Crippen LogP contribution in [0.1, 0.15) is 30.0 Å². The molecule has 0 spiro atoms. The second-order valence-corrected chi connectivity index (χ2v) is 7.77. The van der Waals surface area contributed by atoms with E-state index in [1.807, 2.05) is 4.72 Å². The van der Waals surface area contributed by atoms with Gasteiger partial charge in [-0.3, -0.25) is 4.79 Å². The summed E-state index contributed by atoms with van der Waals surface area (Å²) in [4.78, 5) is 19.2. The molecule has 0 saturated heterocycles. The summed E-state index contributed by atoms with van der Waals surface area (Å²) in [5.74, 6) is -0.303. The van der Waals surface area contributed by atoms with Crippen LogP contribution in [0, 0.1) is 6.92 Å². The predicted octanol–water partition coefficient (Wildman–Crippen LogP) is 2.51. The number of nitrogens with one attached hydrogen (secondary N) is 2. The van der Waals surface area contributed by atoms with Crippen LogP contribution in [0.3, 0.4) is 0 Å². The molecule has 2 N–H and O–H groups in total. The smallest absolute Gasteiger partial charge is 0.285 e. The summed E-state index contributed by atoms with van der Waals surface area (Å²) in [6, 6.07) is 6.98. The molecule has 0 saturated carbocycles. The average molecular weight is 342 g/mol. The molecule has 0 atom stereocenters. The fourth-order valence-electron chi connectivity index (χ4n) is 1.75. The van der Waals surface area contributed by atoms with Crippen molar-refractivity contribution >= 4 is 27.5 Å². The van der Waals surface area contributed by atoms with Crippen molar-refractivity contribution in [2.24, 2.45) is 0 Å². The minimum absolute atomic E-state index is 0.0409. The average Bonchev–Trinajstić information content (AvgIpc) is 2.80. The summed E-state index contributed by atoms with van der Waals surface area (Å²) in [6.07, 6.45) is 0. The Morgan fingerprint density at radius 3 is 2.64 bits per heavy atom. The number of carbonyl (C=O) groups excluding carboxylic acids is 1. The summed E-state index contributed by atoms with van der Waals surface area (Å²) >= 11 is 5.93. The van der Waals surface area contributed by atoms with Crippen molar-refractivity contribution in [3.8, 4) is 11.4 Å². The van der Waals surface area contributed by atoms with Gasteiger partial charge in [0.05, 0.1) is 5.25 Å². The number of rotatable bonds is 4. The van der Waals surface area contributed by atoms with Gasteiger partial charge in [0.25, 0.3) is 5.91 Å². The summed E-state index contributed by atoms with van der Waals surface area (Å²) < 4.78 is 25.5. The van der Waals surface area contributed by atoms with Crippen LogP contribution in [0.4, 0.5) is 0 Å². The van der Waals surface area contributed by atoms with Gasteiger partial charge in [0.15, 0.2) is 5.69 Å². The standard InChI is InChI=1S/C14H16ClN3O3S/c1-8(2)22(20,21)18-14(19)12-9(3)16-13(17-12)10-5-4-6-11(15)7-10/h4-8H,1-3H3,(H,16,17)(H,18,19). The van der Waals surface area contributed by atoms with Crippen LogP contribution in [0.5, 0.6) is 0 Å². The normalized spacial score (nSPS) is 11.7. The maximum atomic E-state index is 12.1. The highest BCUT2D eigenvalue weighted by Crippen LogP contribution is 2.21. The minimum atomic E-state index is -3.70. The van der Waals surface area contributed by atoms with Crippen LogP contribution in [-0.2, 0) is 10.0 Å². The Kier molecular flexibility index (Phi) is 4.58. The number of carbonyl (C=O) groups is 1. The van der Waals surface area contributed by atoms with Crippen molar-refractivity contribution < 1.29 is 13.2 Å².